The lowest BCUT2D eigenvalue weighted by Gasteiger charge is -2.30. The Bertz CT molecular complexity index is 544. The topological polar surface area (TPSA) is 55.4 Å². The molecule has 0 aromatic heterocycles. The van der Waals surface area contributed by atoms with Crippen LogP contribution in [0.15, 0.2) is 24.3 Å². The first-order chi connectivity index (χ1) is 11.0. The third-order valence-corrected chi connectivity index (χ3v) is 4.38. The molecule has 1 aliphatic carbocycles. The molecule has 0 spiro atoms. The third-order valence-electron chi connectivity index (χ3n) is 4.38. The van der Waals surface area contributed by atoms with Crippen molar-refractivity contribution in [2.75, 3.05) is 0 Å². The number of carbonyl (C=O) groups is 2. The maximum Gasteiger partial charge on any atom is 0.311 e. The standard InChI is InChI=1S/C18H24FNO3/c1-12-5-3-4-6-16(12)20-18(22)13(2)23-17(21)11-14-7-9-15(19)10-8-14/h7-10,12-13,16H,3-6,11H2,1-2H3,(H,20,22)/t12-,13+,16-/m0/s1. The van der Waals surface area contributed by atoms with Crippen molar-refractivity contribution in [3.63, 3.8) is 0 Å². The molecule has 1 aromatic carbocycles. The molecule has 126 valence electrons. The molecule has 0 radical (unpaired) electrons. The summed E-state index contributed by atoms with van der Waals surface area (Å²) in [5.41, 5.74) is 0.657. The Kier molecular flexibility index (Phi) is 6.13. The number of halogens is 1. The molecule has 3 atom stereocenters. The lowest BCUT2D eigenvalue weighted by molar-refractivity contribution is -0.154. The van der Waals surface area contributed by atoms with Gasteiger partial charge in [-0.25, -0.2) is 4.39 Å². The highest BCUT2D eigenvalue weighted by atomic mass is 19.1. The van der Waals surface area contributed by atoms with Crippen LogP contribution in [-0.4, -0.2) is 24.0 Å². The summed E-state index contributed by atoms with van der Waals surface area (Å²) < 4.78 is 18.0. The number of benzene rings is 1. The molecule has 4 nitrogen and oxygen atoms in total. The molecule has 0 heterocycles. The van der Waals surface area contributed by atoms with Crippen molar-refractivity contribution in [2.45, 2.75) is 58.1 Å². The van der Waals surface area contributed by atoms with Gasteiger partial charge in [0, 0.05) is 6.04 Å². The van der Waals surface area contributed by atoms with Gasteiger partial charge in [-0.3, -0.25) is 9.59 Å². The van der Waals surface area contributed by atoms with Gasteiger partial charge in [-0.15, -0.1) is 0 Å². The van der Waals surface area contributed by atoms with Gasteiger partial charge in [0.15, 0.2) is 6.10 Å². The van der Waals surface area contributed by atoms with Gasteiger partial charge in [0.05, 0.1) is 6.42 Å². The van der Waals surface area contributed by atoms with Crippen LogP contribution in [0.2, 0.25) is 0 Å². The highest BCUT2D eigenvalue weighted by Gasteiger charge is 2.26. The quantitative estimate of drug-likeness (QED) is 0.848. The minimum absolute atomic E-state index is 0.0255. The van der Waals surface area contributed by atoms with E-state index in [-0.39, 0.29) is 24.2 Å². The molecule has 5 heteroatoms. The molecule has 1 aliphatic rings. The molecule has 1 aromatic rings. The van der Waals surface area contributed by atoms with Crippen LogP contribution >= 0.6 is 0 Å². The van der Waals surface area contributed by atoms with E-state index in [0.29, 0.717) is 11.5 Å². The second-order valence-electron chi connectivity index (χ2n) is 6.31. The molecule has 0 aliphatic heterocycles. The number of amides is 1. The Balaban J connectivity index is 1.80. The average Bonchev–Trinajstić information content (AvgIpc) is 2.51. The van der Waals surface area contributed by atoms with Crippen LogP contribution in [0.5, 0.6) is 0 Å². The minimum Gasteiger partial charge on any atom is -0.452 e. The van der Waals surface area contributed by atoms with E-state index >= 15 is 0 Å². The third kappa shape index (κ3) is 5.34. The van der Waals surface area contributed by atoms with Crippen LogP contribution in [0.3, 0.4) is 0 Å². The molecule has 0 unspecified atom stereocenters. The van der Waals surface area contributed by atoms with E-state index in [0.717, 1.165) is 19.3 Å². The molecule has 23 heavy (non-hydrogen) atoms. The van der Waals surface area contributed by atoms with Crippen molar-refractivity contribution in [2.24, 2.45) is 5.92 Å². The van der Waals surface area contributed by atoms with Gasteiger partial charge < -0.3 is 10.1 Å². The Morgan fingerprint density at radius 3 is 2.57 bits per heavy atom. The van der Waals surface area contributed by atoms with E-state index in [1.807, 2.05) is 0 Å². The molecule has 1 N–H and O–H groups in total. The molecule has 1 fully saturated rings. The number of hydrogen-bond donors (Lipinski definition) is 1. The normalized spacial score (nSPS) is 22.2. The number of esters is 1. The molecule has 1 saturated carbocycles. The fourth-order valence-electron chi connectivity index (χ4n) is 2.89. The Morgan fingerprint density at radius 2 is 1.91 bits per heavy atom. The number of rotatable bonds is 5. The predicted octanol–water partition coefficient (Wildman–Crippen LogP) is 2.99. The van der Waals surface area contributed by atoms with Crippen molar-refractivity contribution in [3.8, 4) is 0 Å². The van der Waals surface area contributed by atoms with E-state index in [1.165, 1.54) is 30.7 Å². The maximum atomic E-state index is 12.8. The first-order valence-corrected chi connectivity index (χ1v) is 8.20. The summed E-state index contributed by atoms with van der Waals surface area (Å²) in [7, 11) is 0. The van der Waals surface area contributed by atoms with Gasteiger partial charge in [-0.1, -0.05) is 31.9 Å². The summed E-state index contributed by atoms with van der Waals surface area (Å²) in [6, 6.07) is 5.82. The summed E-state index contributed by atoms with van der Waals surface area (Å²) in [6.07, 6.45) is 3.62. The number of ether oxygens (including phenoxy) is 1. The van der Waals surface area contributed by atoms with Crippen molar-refractivity contribution in [1.82, 2.24) is 5.32 Å². The zero-order valence-corrected chi connectivity index (χ0v) is 13.7. The monoisotopic (exact) mass is 321 g/mol. The van der Waals surface area contributed by atoms with Gasteiger partial charge >= 0.3 is 5.97 Å². The zero-order valence-electron chi connectivity index (χ0n) is 13.7. The Morgan fingerprint density at radius 1 is 1.26 bits per heavy atom. The van der Waals surface area contributed by atoms with Gasteiger partial charge in [0.2, 0.25) is 0 Å². The van der Waals surface area contributed by atoms with Gasteiger partial charge in [-0.05, 0) is 43.4 Å². The van der Waals surface area contributed by atoms with E-state index in [4.69, 9.17) is 4.74 Å². The van der Waals surface area contributed by atoms with Crippen LogP contribution in [-0.2, 0) is 20.7 Å². The first-order valence-electron chi connectivity index (χ1n) is 8.20. The lowest BCUT2D eigenvalue weighted by atomic mass is 9.86. The first kappa shape index (κ1) is 17.4. The minimum atomic E-state index is -0.822. The summed E-state index contributed by atoms with van der Waals surface area (Å²) in [4.78, 5) is 24.0. The zero-order chi connectivity index (χ0) is 16.8. The van der Waals surface area contributed by atoms with E-state index < -0.39 is 12.1 Å². The fraction of sp³-hybridized carbons (Fsp3) is 0.556. The van der Waals surface area contributed by atoms with Gasteiger partial charge in [-0.2, -0.15) is 0 Å². The average molecular weight is 321 g/mol. The Hall–Kier alpha value is -1.91. The van der Waals surface area contributed by atoms with Crippen LogP contribution in [0.1, 0.15) is 45.1 Å². The fourth-order valence-corrected chi connectivity index (χ4v) is 2.89. The van der Waals surface area contributed by atoms with E-state index in [1.54, 1.807) is 6.92 Å². The summed E-state index contributed by atoms with van der Waals surface area (Å²) in [5, 5.41) is 2.98. The van der Waals surface area contributed by atoms with Crippen molar-refractivity contribution in [1.29, 1.82) is 0 Å². The van der Waals surface area contributed by atoms with Gasteiger partial charge in [0.25, 0.3) is 5.91 Å². The molecular weight excluding hydrogens is 297 g/mol. The lowest BCUT2D eigenvalue weighted by Crippen LogP contribution is -2.46. The largest absolute Gasteiger partial charge is 0.452 e. The molecule has 2 rings (SSSR count). The Labute approximate surface area is 136 Å². The van der Waals surface area contributed by atoms with E-state index in [2.05, 4.69) is 12.2 Å². The highest BCUT2D eigenvalue weighted by Crippen LogP contribution is 2.23. The predicted molar refractivity (Wildman–Crippen MR) is 85.2 cm³/mol. The maximum absolute atomic E-state index is 12.8. The smallest absolute Gasteiger partial charge is 0.311 e. The van der Waals surface area contributed by atoms with Gasteiger partial charge in [0.1, 0.15) is 5.82 Å². The van der Waals surface area contributed by atoms with Crippen LogP contribution in [0.4, 0.5) is 4.39 Å². The summed E-state index contributed by atoms with van der Waals surface area (Å²) >= 11 is 0. The van der Waals surface area contributed by atoms with E-state index in [9.17, 15) is 14.0 Å². The number of nitrogens with one attached hydrogen (secondary N) is 1. The summed E-state index contributed by atoms with van der Waals surface area (Å²) in [5.74, 6) is -0.640. The SMILES string of the molecule is C[C@@H](OC(=O)Cc1ccc(F)cc1)C(=O)N[C@H]1CCCC[C@@H]1C. The van der Waals surface area contributed by atoms with Crippen LogP contribution in [0, 0.1) is 11.7 Å². The number of carbonyl (C=O) groups excluding carboxylic acids is 2. The van der Waals surface area contributed by atoms with Crippen molar-refractivity contribution >= 4 is 11.9 Å². The van der Waals surface area contributed by atoms with Crippen LogP contribution < -0.4 is 5.32 Å². The highest BCUT2D eigenvalue weighted by molar-refractivity contribution is 5.84. The van der Waals surface area contributed by atoms with Crippen LogP contribution in [0.25, 0.3) is 0 Å². The number of hydrogen-bond acceptors (Lipinski definition) is 3. The molecule has 0 bridgehead atoms. The second-order valence-corrected chi connectivity index (χ2v) is 6.31. The second kappa shape index (κ2) is 8.09. The molecular formula is C18H24FNO3. The summed E-state index contributed by atoms with van der Waals surface area (Å²) in [6.45, 7) is 3.71. The van der Waals surface area contributed by atoms with Crippen molar-refractivity contribution in [3.05, 3.63) is 35.6 Å². The molecule has 0 saturated heterocycles. The molecule has 1 amide bonds. The van der Waals surface area contributed by atoms with Crippen molar-refractivity contribution < 1.29 is 18.7 Å².